The molecule has 0 bridgehead atoms. The highest BCUT2D eigenvalue weighted by atomic mass is 32.1. The number of nitrogen functional groups attached to an aromatic ring is 1. The number of halogens is 1. The molecule has 2 aromatic heterocycles. The topological polar surface area (TPSA) is 88.8 Å². The van der Waals surface area contributed by atoms with Crippen LogP contribution in [0.15, 0.2) is 6.20 Å². The van der Waals surface area contributed by atoms with E-state index >= 15 is 0 Å². The molecular weight excluding hydrogens is 267 g/mol. The van der Waals surface area contributed by atoms with Crippen LogP contribution in [0.1, 0.15) is 28.5 Å². The fourth-order valence-electron chi connectivity index (χ4n) is 1.76. The number of hydrogen-bond donors (Lipinski definition) is 3. The van der Waals surface area contributed by atoms with Gasteiger partial charge in [-0.2, -0.15) is 4.98 Å². The minimum absolute atomic E-state index is 0.0961. The Hall–Kier alpha value is -1.80. The second-order valence-corrected chi connectivity index (χ2v) is 5.32. The van der Waals surface area contributed by atoms with Gasteiger partial charge in [-0.15, -0.1) is 11.3 Å². The van der Waals surface area contributed by atoms with Crippen LogP contribution in [0.5, 0.6) is 0 Å². The molecule has 2 aromatic rings. The Morgan fingerprint density at radius 3 is 2.68 bits per heavy atom. The molecular formula is C11H15FN6S. The van der Waals surface area contributed by atoms with Gasteiger partial charge < -0.3 is 5.32 Å². The van der Waals surface area contributed by atoms with Gasteiger partial charge in [0.05, 0.1) is 22.9 Å². The van der Waals surface area contributed by atoms with E-state index in [4.69, 9.17) is 5.84 Å². The molecule has 0 saturated heterocycles. The van der Waals surface area contributed by atoms with Crippen LogP contribution in [0.2, 0.25) is 0 Å². The lowest BCUT2D eigenvalue weighted by atomic mass is 10.2. The van der Waals surface area contributed by atoms with Gasteiger partial charge in [0.25, 0.3) is 0 Å². The molecule has 4 N–H and O–H groups in total. The molecule has 8 heteroatoms. The summed E-state index contributed by atoms with van der Waals surface area (Å²) in [4.78, 5) is 13.0. The fraction of sp³-hybridized carbons (Fsp3) is 0.364. The molecule has 19 heavy (non-hydrogen) atoms. The van der Waals surface area contributed by atoms with Gasteiger partial charge in [0.15, 0.2) is 11.6 Å². The lowest BCUT2D eigenvalue weighted by Gasteiger charge is -2.14. The molecule has 0 radical (unpaired) electrons. The van der Waals surface area contributed by atoms with Gasteiger partial charge in [-0.3, -0.25) is 5.43 Å². The van der Waals surface area contributed by atoms with E-state index in [9.17, 15) is 4.39 Å². The summed E-state index contributed by atoms with van der Waals surface area (Å²) >= 11 is 1.58. The predicted molar refractivity (Wildman–Crippen MR) is 73.4 cm³/mol. The van der Waals surface area contributed by atoms with E-state index in [-0.39, 0.29) is 17.8 Å². The molecule has 2 heterocycles. The third-order valence-corrected chi connectivity index (χ3v) is 3.81. The van der Waals surface area contributed by atoms with Gasteiger partial charge >= 0.3 is 0 Å². The Balaban J connectivity index is 2.23. The monoisotopic (exact) mass is 282 g/mol. The molecule has 0 aliphatic carbocycles. The number of anilines is 2. The Morgan fingerprint density at radius 2 is 2.11 bits per heavy atom. The minimum atomic E-state index is -0.523. The number of aryl methyl sites for hydroxylation is 2. The van der Waals surface area contributed by atoms with Crippen molar-refractivity contribution in [2.75, 3.05) is 10.7 Å². The minimum Gasteiger partial charge on any atom is -0.360 e. The van der Waals surface area contributed by atoms with E-state index in [0.717, 1.165) is 21.8 Å². The highest BCUT2D eigenvalue weighted by Crippen LogP contribution is 2.27. The van der Waals surface area contributed by atoms with Gasteiger partial charge in [0.2, 0.25) is 5.95 Å². The summed E-state index contributed by atoms with van der Waals surface area (Å²) in [6, 6.07) is -0.0961. The number of thiazole rings is 1. The van der Waals surface area contributed by atoms with Crippen molar-refractivity contribution in [2.45, 2.75) is 26.8 Å². The zero-order chi connectivity index (χ0) is 14.0. The first-order valence-electron chi connectivity index (χ1n) is 5.71. The lowest BCUT2D eigenvalue weighted by molar-refractivity contribution is 0.614. The number of rotatable bonds is 4. The van der Waals surface area contributed by atoms with Crippen molar-refractivity contribution in [3.05, 3.63) is 27.6 Å². The van der Waals surface area contributed by atoms with E-state index in [1.807, 2.05) is 20.8 Å². The maximum Gasteiger partial charge on any atom is 0.239 e. The summed E-state index contributed by atoms with van der Waals surface area (Å²) in [6.45, 7) is 5.80. The Kier molecular flexibility index (Phi) is 3.91. The van der Waals surface area contributed by atoms with Crippen LogP contribution in [0.4, 0.5) is 16.2 Å². The van der Waals surface area contributed by atoms with Crippen molar-refractivity contribution in [3.63, 3.8) is 0 Å². The van der Waals surface area contributed by atoms with Gasteiger partial charge in [-0.05, 0) is 20.8 Å². The van der Waals surface area contributed by atoms with Gasteiger partial charge in [0, 0.05) is 4.88 Å². The average molecular weight is 282 g/mol. The summed E-state index contributed by atoms with van der Waals surface area (Å²) in [7, 11) is 0. The van der Waals surface area contributed by atoms with Crippen LogP contribution in [0.3, 0.4) is 0 Å². The van der Waals surface area contributed by atoms with Crippen LogP contribution in [0, 0.1) is 19.7 Å². The van der Waals surface area contributed by atoms with Crippen LogP contribution < -0.4 is 16.6 Å². The van der Waals surface area contributed by atoms with Gasteiger partial charge in [-0.1, -0.05) is 0 Å². The Morgan fingerprint density at radius 1 is 1.37 bits per heavy atom. The normalized spacial score (nSPS) is 12.3. The summed E-state index contributed by atoms with van der Waals surface area (Å²) in [6.07, 6.45) is 1.07. The van der Waals surface area contributed by atoms with Crippen LogP contribution in [-0.4, -0.2) is 15.0 Å². The van der Waals surface area contributed by atoms with Crippen LogP contribution in [0.25, 0.3) is 0 Å². The molecule has 0 aromatic carbocycles. The lowest BCUT2D eigenvalue weighted by Crippen LogP contribution is -2.14. The third-order valence-electron chi connectivity index (χ3n) is 2.56. The molecule has 2 rings (SSSR count). The second-order valence-electron chi connectivity index (χ2n) is 4.08. The number of nitrogens with zero attached hydrogens (tertiary/aromatic N) is 3. The summed E-state index contributed by atoms with van der Waals surface area (Å²) in [5, 5.41) is 3.98. The molecule has 102 valence electrons. The summed E-state index contributed by atoms with van der Waals surface area (Å²) in [5.41, 5.74) is 3.22. The summed E-state index contributed by atoms with van der Waals surface area (Å²) < 4.78 is 13.6. The highest BCUT2D eigenvalue weighted by molar-refractivity contribution is 7.11. The first-order chi connectivity index (χ1) is 9.01. The first-order valence-corrected chi connectivity index (χ1v) is 6.52. The molecule has 0 aliphatic heterocycles. The largest absolute Gasteiger partial charge is 0.360 e. The van der Waals surface area contributed by atoms with Crippen molar-refractivity contribution >= 4 is 23.1 Å². The van der Waals surface area contributed by atoms with E-state index in [2.05, 4.69) is 25.7 Å². The van der Waals surface area contributed by atoms with Crippen molar-refractivity contribution in [2.24, 2.45) is 5.84 Å². The standard InChI is InChI=1S/C11H15FN6S/c1-5-9(19-7(3)15-5)6(2)16-10-8(12)4-14-11(17-10)18-13/h4,6H,13H2,1-3H3,(H2,14,16,17,18). The number of hydrogen-bond acceptors (Lipinski definition) is 7. The molecule has 1 unspecified atom stereocenters. The maximum atomic E-state index is 13.6. The zero-order valence-electron chi connectivity index (χ0n) is 10.9. The van der Waals surface area contributed by atoms with Crippen molar-refractivity contribution < 1.29 is 4.39 Å². The molecule has 1 atom stereocenters. The second kappa shape index (κ2) is 5.45. The van der Waals surface area contributed by atoms with Crippen molar-refractivity contribution in [1.82, 2.24) is 15.0 Å². The van der Waals surface area contributed by atoms with Crippen molar-refractivity contribution in [1.29, 1.82) is 0 Å². The van der Waals surface area contributed by atoms with E-state index in [0.29, 0.717) is 0 Å². The Labute approximate surface area is 114 Å². The zero-order valence-corrected chi connectivity index (χ0v) is 11.7. The van der Waals surface area contributed by atoms with Gasteiger partial charge in [-0.25, -0.2) is 20.2 Å². The third kappa shape index (κ3) is 2.96. The van der Waals surface area contributed by atoms with Crippen LogP contribution in [-0.2, 0) is 0 Å². The molecule has 0 aliphatic rings. The molecule has 0 amide bonds. The quantitative estimate of drug-likeness (QED) is 0.588. The number of nitrogens with two attached hydrogens (primary N) is 1. The van der Waals surface area contributed by atoms with E-state index < -0.39 is 5.82 Å². The average Bonchev–Trinajstić information content (AvgIpc) is 2.71. The number of hydrazine groups is 1. The predicted octanol–water partition coefficient (Wildman–Crippen LogP) is 2.15. The van der Waals surface area contributed by atoms with E-state index in [1.54, 1.807) is 11.3 Å². The van der Waals surface area contributed by atoms with E-state index in [1.165, 1.54) is 0 Å². The van der Waals surface area contributed by atoms with Gasteiger partial charge in [0.1, 0.15) is 0 Å². The molecule has 6 nitrogen and oxygen atoms in total. The molecule has 0 spiro atoms. The number of nitrogens with one attached hydrogen (secondary N) is 2. The fourth-order valence-corrected chi connectivity index (χ4v) is 2.69. The summed E-state index contributed by atoms with van der Waals surface area (Å²) in [5.74, 6) is 4.95. The van der Waals surface area contributed by atoms with Crippen molar-refractivity contribution in [3.8, 4) is 0 Å². The maximum absolute atomic E-state index is 13.6. The Bertz CT molecular complexity index is 585. The molecule has 0 saturated carbocycles. The smallest absolute Gasteiger partial charge is 0.239 e. The number of aromatic nitrogens is 3. The highest BCUT2D eigenvalue weighted by Gasteiger charge is 2.15. The van der Waals surface area contributed by atoms with Crippen LogP contribution >= 0.6 is 11.3 Å². The first kappa shape index (κ1) is 13.6. The SMILES string of the molecule is Cc1nc(C)c(C(C)Nc2nc(NN)ncc2F)s1. The molecule has 0 fully saturated rings.